The van der Waals surface area contributed by atoms with Crippen LogP contribution in [0, 0.1) is 0 Å². The van der Waals surface area contributed by atoms with Gasteiger partial charge in [-0.05, 0) is 33.5 Å². The minimum absolute atomic E-state index is 0.0494. The van der Waals surface area contributed by atoms with Crippen LogP contribution < -0.4 is 0 Å². The van der Waals surface area contributed by atoms with Gasteiger partial charge in [-0.3, -0.25) is 9.69 Å². The number of carbonyl (C=O) groups is 2. The molecule has 4 rings (SSSR count). The van der Waals surface area contributed by atoms with Crippen LogP contribution in [0.15, 0.2) is 51.2 Å². The van der Waals surface area contributed by atoms with Crippen LogP contribution >= 0.6 is 35.5 Å². The first kappa shape index (κ1) is 20.0. The van der Waals surface area contributed by atoms with Crippen molar-refractivity contribution in [3.8, 4) is 0 Å². The fourth-order valence-corrected chi connectivity index (χ4v) is 5.91. The van der Waals surface area contributed by atoms with Gasteiger partial charge in [0.05, 0.1) is 0 Å². The highest BCUT2D eigenvalue weighted by Gasteiger charge is 2.51. The number of β-lactam (4-membered cyclic amide) rings is 1. The highest BCUT2D eigenvalue weighted by Crippen LogP contribution is 2.40. The van der Waals surface area contributed by atoms with Gasteiger partial charge >= 0.3 is 5.97 Å². The first-order chi connectivity index (χ1) is 14.1. The van der Waals surface area contributed by atoms with Crippen LogP contribution in [0.3, 0.4) is 0 Å². The van der Waals surface area contributed by atoms with Crippen LogP contribution in [-0.4, -0.2) is 64.7 Å². The van der Waals surface area contributed by atoms with Gasteiger partial charge in [-0.15, -0.1) is 16.9 Å². The number of carboxylic acids is 1. The maximum absolute atomic E-state index is 12.6. The molecule has 2 aliphatic rings. The lowest BCUT2D eigenvalue weighted by Gasteiger charge is -2.44. The Morgan fingerprint density at radius 1 is 1.34 bits per heavy atom. The summed E-state index contributed by atoms with van der Waals surface area (Å²) >= 11 is 4.16. The van der Waals surface area contributed by atoms with Crippen molar-refractivity contribution >= 4 is 53.1 Å². The van der Waals surface area contributed by atoms with Crippen molar-refractivity contribution < 1.29 is 14.7 Å². The third kappa shape index (κ3) is 4.05. The van der Waals surface area contributed by atoms with E-state index in [0.717, 1.165) is 5.56 Å². The highest BCUT2D eigenvalue weighted by molar-refractivity contribution is 8.02. The number of tetrazole rings is 1. The van der Waals surface area contributed by atoms with Crippen molar-refractivity contribution in [2.45, 2.75) is 16.3 Å². The number of rotatable bonds is 7. The van der Waals surface area contributed by atoms with E-state index in [1.807, 2.05) is 30.3 Å². The summed E-state index contributed by atoms with van der Waals surface area (Å²) in [5, 5.41) is 21.2. The average molecular weight is 449 g/mol. The molecule has 0 bridgehead atoms. The molecule has 1 amide bonds. The normalized spacial score (nSPS) is 20.0. The molecule has 0 aliphatic carbocycles. The van der Waals surface area contributed by atoms with E-state index in [1.54, 1.807) is 7.05 Å². The molecule has 1 atom stereocenters. The predicted molar refractivity (Wildman–Crippen MR) is 112 cm³/mol. The zero-order valence-corrected chi connectivity index (χ0v) is 17.7. The predicted octanol–water partition coefficient (Wildman–Crippen LogP) is 1.85. The largest absolute Gasteiger partial charge is 0.477 e. The number of carbonyl (C=O) groups excluding carboxylic acids is 1. The molecule has 0 spiro atoms. The summed E-state index contributed by atoms with van der Waals surface area (Å²) in [5.41, 5.74) is 2.26. The third-order valence-electron chi connectivity index (χ3n) is 4.29. The molecule has 29 heavy (non-hydrogen) atoms. The lowest BCUT2D eigenvalue weighted by atomic mass is 10.1. The molecule has 1 saturated heterocycles. The van der Waals surface area contributed by atoms with Gasteiger partial charge in [-0.1, -0.05) is 42.1 Å². The molecule has 0 unspecified atom stereocenters. The molecule has 2 aliphatic heterocycles. The van der Waals surface area contributed by atoms with Crippen LogP contribution in [0.5, 0.6) is 0 Å². The Hall–Kier alpha value is -2.31. The zero-order valence-electron chi connectivity index (χ0n) is 15.3. The van der Waals surface area contributed by atoms with Crippen molar-refractivity contribution in [3.63, 3.8) is 0 Å². The van der Waals surface area contributed by atoms with Crippen LogP contribution in [0.25, 0.3) is 0 Å². The number of carboxylic acid groups (broad SMARTS) is 1. The third-order valence-corrected chi connectivity index (χ3v) is 7.44. The van der Waals surface area contributed by atoms with Crippen molar-refractivity contribution in [1.82, 2.24) is 25.1 Å². The van der Waals surface area contributed by atoms with Gasteiger partial charge in [0.2, 0.25) is 5.16 Å². The van der Waals surface area contributed by atoms with E-state index in [-0.39, 0.29) is 17.0 Å². The smallest absolute Gasteiger partial charge is 0.352 e. The number of hydrogen-bond acceptors (Lipinski definition) is 9. The molecular formula is C17H16N6O3S3. The van der Waals surface area contributed by atoms with Crippen LogP contribution in [0.1, 0.15) is 5.56 Å². The van der Waals surface area contributed by atoms with Crippen molar-refractivity contribution in [3.05, 3.63) is 47.2 Å². The van der Waals surface area contributed by atoms with Gasteiger partial charge in [0.25, 0.3) is 5.91 Å². The second-order valence-corrected chi connectivity index (χ2v) is 8.95. The summed E-state index contributed by atoms with van der Waals surface area (Å²) in [6.07, 6.45) is 0. The second-order valence-electron chi connectivity index (χ2n) is 6.21. The zero-order chi connectivity index (χ0) is 20.4. The first-order valence-electron chi connectivity index (χ1n) is 8.55. The lowest BCUT2D eigenvalue weighted by molar-refractivity contribution is -0.139. The Bertz CT molecular complexity index is 1010. The fourth-order valence-electron chi connectivity index (χ4n) is 2.88. The minimum atomic E-state index is -1.11. The number of aliphatic carboxylic acids is 1. The SMILES string of the molecule is Cn1nnnc1SCC1=C(C(=O)O)N2C(=O)/C(=N/SCc3ccccc3)[C@H]2SC1. The van der Waals surface area contributed by atoms with E-state index in [4.69, 9.17) is 0 Å². The summed E-state index contributed by atoms with van der Waals surface area (Å²) in [4.78, 5) is 25.8. The van der Waals surface area contributed by atoms with E-state index in [0.29, 0.717) is 33.7 Å². The Labute approximate surface area is 179 Å². The minimum Gasteiger partial charge on any atom is -0.477 e. The van der Waals surface area contributed by atoms with Gasteiger partial charge in [0, 0.05) is 24.3 Å². The summed E-state index contributed by atoms with van der Waals surface area (Å²) < 4.78 is 5.90. The number of aryl methyl sites for hydroxylation is 1. The molecule has 3 heterocycles. The summed E-state index contributed by atoms with van der Waals surface area (Å²) in [6, 6.07) is 9.86. The molecule has 9 nitrogen and oxygen atoms in total. The number of nitrogens with zero attached hydrogens (tertiary/aromatic N) is 6. The Kier molecular flexibility index (Phi) is 5.92. The Morgan fingerprint density at radius 2 is 2.14 bits per heavy atom. The van der Waals surface area contributed by atoms with Gasteiger partial charge < -0.3 is 5.11 Å². The Balaban J connectivity index is 1.46. The second kappa shape index (κ2) is 8.59. The maximum Gasteiger partial charge on any atom is 0.352 e. The van der Waals surface area contributed by atoms with Crippen molar-refractivity contribution in [2.24, 2.45) is 11.4 Å². The van der Waals surface area contributed by atoms with E-state index in [1.165, 1.54) is 45.1 Å². The van der Waals surface area contributed by atoms with Crippen molar-refractivity contribution in [2.75, 3.05) is 11.5 Å². The molecule has 0 radical (unpaired) electrons. The maximum atomic E-state index is 12.6. The summed E-state index contributed by atoms with van der Waals surface area (Å²) in [5.74, 6) is 0.115. The van der Waals surface area contributed by atoms with Crippen LogP contribution in [0.4, 0.5) is 0 Å². The van der Waals surface area contributed by atoms with Crippen molar-refractivity contribution in [1.29, 1.82) is 0 Å². The van der Waals surface area contributed by atoms with Gasteiger partial charge in [-0.25, -0.2) is 13.9 Å². The number of amides is 1. The fraction of sp³-hybridized carbons (Fsp3) is 0.294. The molecule has 2 aromatic rings. The molecule has 1 fully saturated rings. The lowest BCUT2D eigenvalue weighted by Crippen LogP contribution is -2.62. The molecule has 0 saturated carbocycles. The topological polar surface area (TPSA) is 114 Å². The standard InChI is InChI=1S/C17H16N6O3S3/c1-22-17(18-20-21-22)28-9-11-8-27-15-12(14(24)23(15)13(11)16(25)26)19-29-7-10-5-3-2-4-6-10/h2-6,15H,7-9H2,1H3,(H,25,26)/b19-12-/t15-/m1/s1. The molecule has 150 valence electrons. The van der Waals surface area contributed by atoms with E-state index < -0.39 is 5.97 Å². The highest BCUT2D eigenvalue weighted by atomic mass is 32.2. The van der Waals surface area contributed by atoms with Gasteiger partial charge in [-0.2, -0.15) is 0 Å². The van der Waals surface area contributed by atoms with E-state index >= 15 is 0 Å². The number of thioether (sulfide) groups is 2. The van der Waals surface area contributed by atoms with Crippen LogP contribution in [0.2, 0.25) is 0 Å². The van der Waals surface area contributed by atoms with Gasteiger partial charge in [0.1, 0.15) is 16.8 Å². The molecule has 1 aromatic heterocycles. The average Bonchev–Trinajstić information content (AvgIpc) is 3.14. The Morgan fingerprint density at radius 3 is 2.83 bits per heavy atom. The molecule has 1 aromatic carbocycles. The summed E-state index contributed by atoms with van der Waals surface area (Å²) in [7, 11) is 1.72. The monoisotopic (exact) mass is 448 g/mol. The number of benzene rings is 1. The van der Waals surface area contributed by atoms with E-state index in [2.05, 4.69) is 19.9 Å². The number of fused-ring (bicyclic) bond motifs is 1. The van der Waals surface area contributed by atoms with Crippen LogP contribution in [-0.2, 0) is 22.4 Å². The quantitative estimate of drug-likeness (QED) is 0.385. The van der Waals surface area contributed by atoms with E-state index in [9.17, 15) is 14.7 Å². The first-order valence-corrected chi connectivity index (χ1v) is 11.5. The number of hydrogen-bond donors (Lipinski definition) is 1. The molecular weight excluding hydrogens is 432 g/mol. The molecule has 12 heteroatoms. The van der Waals surface area contributed by atoms with Gasteiger partial charge in [0.15, 0.2) is 0 Å². The molecule has 1 N–H and O–H groups in total. The summed E-state index contributed by atoms with van der Waals surface area (Å²) in [6.45, 7) is 0. The number of aromatic nitrogens is 4.